The molecule has 3 nitrogen and oxygen atoms in total. The molecule has 4 heteroatoms. The molecule has 0 spiro atoms. The van der Waals surface area contributed by atoms with Gasteiger partial charge in [0, 0.05) is 0 Å². The van der Waals surface area contributed by atoms with E-state index in [4.69, 9.17) is 5.11 Å². The molecule has 12 heavy (non-hydrogen) atoms. The SMILES string of the molecule is CC(C)[C@H](N[Si](C)(C)C)C(=O)O. The second kappa shape index (κ2) is 4.05. The Balaban J connectivity index is 4.25. The first-order valence-corrected chi connectivity index (χ1v) is 7.74. The maximum atomic E-state index is 10.8. The third-order valence-electron chi connectivity index (χ3n) is 1.52. The predicted molar refractivity (Wildman–Crippen MR) is 52.7 cm³/mol. The van der Waals surface area contributed by atoms with Gasteiger partial charge < -0.3 is 10.1 Å². The standard InChI is InChI=1S/C8H19NO2Si/c1-6(2)7(8(10)11)9-12(3,4)5/h6-7,9H,1-5H3,(H,10,11)/t7-/m0/s1. The number of hydrogen-bond donors (Lipinski definition) is 2. The van der Waals surface area contributed by atoms with Crippen LogP contribution in [0.25, 0.3) is 0 Å². The number of aliphatic carboxylic acids is 1. The molecule has 72 valence electrons. The van der Waals surface area contributed by atoms with E-state index in [-0.39, 0.29) is 5.92 Å². The van der Waals surface area contributed by atoms with Crippen molar-refractivity contribution >= 4 is 14.2 Å². The van der Waals surface area contributed by atoms with Crippen molar-refractivity contribution in [2.45, 2.75) is 39.5 Å². The Morgan fingerprint density at radius 3 is 1.83 bits per heavy atom. The second-order valence-electron chi connectivity index (χ2n) is 4.45. The first-order valence-electron chi connectivity index (χ1n) is 4.24. The zero-order chi connectivity index (χ0) is 9.94. The minimum Gasteiger partial charge on any atom is -0.480 e. The summed E-state index contributed by atoms with van der Waals surface area (Å²) in [5.74, 6) is -0.596. The Hall–Kier alpha value is -0.353. The predicted octanol–water partition coefficient (Wildman–Crippen LogP) is 1.52. The molecule has 0 saturated heterocycles. The van der Waals surface area contributed by atoms with Crippen molar-refractivity contribution in [2.75, 3.05) is 0 Å². The number of rotatable bonds is 4. The van der Waals surface area contributed by atoms with Crippen molar-refractivity contribution in [3.8, 4) is 0 Å². The maximum Gasteiger partial charge on any atom is 0.320 e. The second-order valence-corrected chi connectivity index (χ2v) is 9.24. The van der Waals surface area contributed by atoms with Crippen molar-refractivity contribution < 1.29 is 9.90 Å². The van der Waals surface area contributed by atoms with Crippen molar-refractivity contribution in [3.63, 3.8) is 0 Å². The van der Waals surface area contributed by atoms with E-state index < -0.39 is 20.2 Å². The fourth-order valence-corrected chi connectivity index (χ4v) is 2.37. The van der Waals surface area contributed by atoms with Gasteiger partial charge in [0.2, 0.25) is 0 Å². The van der Waals surface area contributed by atoms with Crippen LogP contribution >= 0.6 is 0 Å². The van der Waals surface area contributed by atoms with Gasteiger partial charge in [-0.2, -0.15) is 0 Å². The van der Waals surface area contributed by atoms with Crippen molar-refractivity contribution in [2.24, 2.45) is 5.92 Å². The molecule has 0 saturated carbocycles. The Morgan fingerprint density at radius 1 is 1.33 bits per heavy atom. The highest BCUT2D eigenvalue weighted by Gasteiger charge is 2.26. The van der Waals surface area contributed by atoms with Gasteiger partial charge in [-0.15, -0.1) is 0 Å². The Morgan fingerprint density at radius 2 is 1.75 bits per heavy atom. The molecule has 0 rings (SSSR count). The van der Waals surface area contributed by atoms with E-state index in [1.807, 2.05) is 13.8 Å². The minimum atomic E-state index is -1.48. The van der Waals surface area contributed by atoms with E-state index in [9.17, 15) is 4.79 Å². The van der Waals surface area contributed by atoms with Crippen molar-refractivity contribution in [1.82, 2.24) is 4.98 Å². The van der Waals surface area contributed by atoms with Crippen LogP contribution in [-0.2, 0) is 4.79 Å². The molecule has 0 bridgehead atoms. The van der Waals surface area contributed by atoms with Crippen LogP contribution in [0.2, 0.25) is 19.6 Å². The lowest BCUT2D eigenvalue weighted by Crippen LogP contribution is -2.53. The van der Waals surface area contributed by atoms with Gasteiger partial charge >= 0.3 is 5.97 Å². The number of nitrogens with one attached hydrogen (secondary N) is 1. The van der Waals surface area contributed by atoms with Gasteiger partial charge in [-0.3, -0.25) is 4.79 Å². The maximum absolute atomic E-state index is 10.8. The van der Waals surface area contributed by atoms with Crippen molar-refractivity contribution in [1.29, 1.82) is 0 Å². The molecule has 0 radical (unpaired) electrons. The first-order chi connectivity index (χ1) is 5.24. The highest BCUT2D eigenvalue weighted by Crippen LogP contribution is 2.06. The van der Waals surface area contributed by atoms with Crippen LogP contribution in [0.15, 0.2) is 0 Å². The molecule has 0 fully saturated rings. The minimum absolute atomic E-state index is 0.147. The Bertz CT molecular complexity index is 163. The largest absolute Gasteiger partial charge is 0.480 e. The van der Waals surface area contributed by atoms with Crippen LogP contribution in [0.3, 0.4) is 0 Å². The highest BCUT2D eigenvalue weighted by atomic mass is 28.3. The molecule has 0 unspecified atom stereocenters. The highest BCUT2D eigenvalue weighted by molar-refractivity contribution is 6.73. The quantitative estimate of drug-likeness (QED) is 0.659. The first kappa shape index (κ1) is 11.6. The van der Waals surface area contributed by atoms with Gasteiger partial charge in [0.15, 0.2) is 0 Å². The fourth-order valence-electron chi connectivity index (χ4n) is 0.980. The van der Waals surface area contributed by atoms with E-state index in [1.54, 1.807) is 0 Å². The molecule has 0 amide bonds. The van der Waals surface area contributed by atoms with Crippen LogP contribution in [0, 0.1) is 5.92 Å². The van der Waals surface area contributed by atoms with E-state index in [0.717, 1.165) is 0 Å². The lowest BCUT2D eigenvalue weighted by Gasteiger charge is -2.26. The van der Waals surface area contributed by atoms with Crippen molar-refractivity contribution in [3.05, 3.63) is 0 Å². The topological polar surface area (TPSA) is 49.3 Å². The fraction of sp³-hybridized carbons (Fsp3) is 0.875. The normalized spacial score (nSPS) is 14.8. The van der Waals surface area contributed by atoms with E-state index in [0.29, 0.717) is 0 Å². The molecule has 1 atom stereocenters. The summed E-state index contributed by atoms with van der Waals surface area (Å²) in [5.41, 5.74) is 0. The van der Waals surface area contributed by atoms with Gasteiger partial charge in [0.1, 0.15) is 14.3 Å². The zero-order valence-corrected chi connectivity index (χ0v) is 9.51. The van der Waals surface area contributed by atoms with E-state index in [1.165, 1.54) is 0 Å². The number of carbonyl (C=O) groups is 1. The monoisotopic (exact) mass is 189 g/mol. The number of hydrogen-bond acceptors (Lipinski definition) is 2. The molecular weight excluding hydrogens is 170 g/mol. The molecule has 2 N–H and O–H groups in total. The summed E-state index contributed by atoms with van der Waals surface area (Å²) in [4.78, 5) is 14.0. The summed E-state index contributed by atoms with van der Waals surface area (Å²) in [7, 11) is -1.48. The molecule has 0 aromatic rings. The third-order valence-corrected chi connectivity index (χ3v) is 2.70. The van der Waals surface area contributed by atoms with Gasteiger partial charge in [0.05, 0.1) is 0 Å². The number of carboxylic acids is 1. The summed E-state index contributed by atoms with van der Waals surface area (Å²) in [6.45, 7) is 10.2. The molecular formula is C8H19NO2Si. The summed E-state index contributed by atoms with van der Waals surface area (Å²) in [5, 5.41) is 8.87. The van der Waals surface area contributed by atoms with Gasteiger partial charge in [0.25, 0.3) is 0 Å². The third kappa shape index (κ3) is 4.51. The summed E-state index contributed by atoms with van der Waals surface area (Å²) in [6.07, 6.45) is 0. The van der Waals surface area contributed by atoms with Crippen LogP contribution in [0.5, 0.6) is 0 Å². The molecule has 0 aliphatic rings. The molecule has 0 aliphatic heterocycles. The Kier molecular flexibility index (Phi) is 3.93. The average molecular weight is 189 g/mol. The molecule has 0 aromatic heterocycles. The summed E-state index contributed by atoms with van der Waals surface area (Å²) in [6, 6.07) is -0.392. The van der Waals surface area contributed by atoms with E-state index >= 15 is 0 Å². The molecule has 0 aromatic carbocycles. The van der Waals surface area contributed by atoms with Crippen LogP contribution in [0.4, 0.5) is 0 Å². The Labute approximate surface area is 75.3 Å². The van der Waals surface area contributed by atoms with E-state index in [2.05, 4.69) is 24.6 Å². The number of carboxylic acid groups (broad SMARTS) is 1. The smallest absolute Gasteiger partial charge is 0.320 e. The van der Waals surface area contributed by atoms with Gasteiger partial charge in [-0.25, -0.2) is 0 Å². The molecule has 0 heterocycles. The lowest BCUT2D eigenvalue weighted by molar-refractivity contribution is -0.140. The lowest BCUT2D eigenvalue weighted by atomic mass is 10.1. The average Bonchev–Trinajstić information content (AvgIpc) is 1.79. The summed E-state index contributed by atoms with van der Waals surface area (Å²) < 4.78 is 0. The van der Waals surface area contributed by atoms with Crippen LogP contribution in [-0.4, -0.2) is 25.4 Å². The summed E-state index contributed by atoms with van der Waals surface area (Å²) >= 11 is 0. The van der Waals surface area contributed by atoms with Gasteiger partial charge in [-0.1, -0.05) is 33.5 Å². The van der Waals surface area contributed by atoms with Gasteiger partial charge in [-0.05, 0) is 5.92 Å². The van der Waals surface area contributed by atoms with Crippen LogP contribution in [0.1, 0.15) is 13.8 Å². The molecule has 0 aliphatic carbocycles. The zero-order valence-electron chi connectivity index (χ0n) is 8.51. The van der Waals surface area contributed by atoms with Crippen LogP contribution < -0.4 is 4.98 Å².